The molecule has 1 unspecified atom stereocenters. The van der Waals surface area contributed by atoms with Gasteiger partial charge in [-0.2, -0.15) is 0 Å². The van der Waals surface area contributed by atoms with E-state index in [1.165, 1.54) is 19.3 Å². The van der Waals surface area contributed by atoms with Crippen LogP contribution in [0.3, 0.4) is 0 Å². The van der Waals surface area contributed by atoms with Gasteiger partial charge < -0.3 is 0 Å². The van der Waals surface area contributed by atoms with E-state index in [9.17, 15) is 0 Å². The highest BCUT2D eigenvalue weighted by atomic mass is 14.1. The zero-order chi connectivity index (χ0) is 7.28. The fourth-order valence-electron chi connectivity index (χ4n) is 0.773. The molecule has 0 heterocycles. The predicted molar refractivity (Wildman–Crippen MR) is 43.2 cm³/mol. The van der Waals surface area contributed by atoms with Crippen molar-refractivity contribution in [3.05, 3.63) is 6.92 Å². The summed E-state index contributed by atoms with van der Waals surface area (Å²) in [7, 11) is 0. The molecule has 0 rings (SSSR count). The summed E-state index contributed by atoms with van der Waals surface area (Å²) in [5.41, 5.74) is 0. The highest BCUT2D eigenvalue weighted by Crippen LogP contribution is 2.13. The molecule has 9 heavy (non-hydrogen) atoms. The van der Waals surface area contributed by atoms with Crippen LogP contribution in [0.5, 0.6) is 0 Å². The zero-order valence-corrected chi connectivity index (χ0v) is 6.98. The van der Waals surface area contributed by atoms with Crippen LogP contribution >= 0.6 is 0 Å². The number of rotatable bonds is 4. The zero-order valence-electron chi connectivity index (χ0n) is 6.98. The van der Waals surface area contributed by atoms with Crippen LogP contribution in [0.15, 0.2) is 0 Å². The minimum atomic E-state index is 0.687. The summed E-state index contributed by atoms with van der Waals surface area (Å²) < 4.78 is 0. The Morgan fingerprint density at radius 1 is 1.22 bits per heavy atom. The maximum absolute atomic E-state index is 4.03. The summed E-state index contributed by atoms with van der Waals surface area (Å²) in [6.07, 6.45) is 3.86. The first kappa shape index (κ1) is 9.00. The van der Waals surface area contributed by atoms with Crippen molar-refractivity contribution in [1.82, 2.24) is 0 Å². The van der Waals surface area contributed by atoms with E-state index in [4.69, 9.17) is 0 Å². The van der Waals surface area contributed by atoms with E-state index in [1.807, 2.05) is 0 Å². The SMILES string of the molecule is [CH2]C(CC)CCC(C)C. The van der Waals surface area contributed by atoms with Gasteiger partial charge in [-0.25, -0.2) is 0 Å². The minimum absolute atomic E-state index is 0.687. The Hall–Kier alpha value is 0. The van der Waals surface area contributed by atoms with Gasteiger partial charge in [0.1, 0.15) is 0 Å². The first-order chi connectivity index (χ1) is 4.16. The normalized spacial score (nSPS) is 14.3. The van der Waals surface area contributed by atoms with Crippen molar-refractivity contribution in [2.24, 2.45) is 11.8 Å². The molecule has 1 atom stereocenters. The van der Waals surface area contributed by atoms with Crippen molar-refractivity contribution in [2.75, 3.05) is 0 Å². The van der Waals surface area contributed by atoms with E-state index in [0.29, 0.717) is 5.92 Å². The summed E-state index contributed by atoms with van der Waals surface area (Å²) in [4.78, 5) is 0. The van der Waals surface area contributed by atoms with Crippen LogP contribution in [0.2, 0.25) is 0 Å². The molecule has 0 amide bonds. The van der Waals surface area contributed by atoms with E-state index in [0.717, 1.165) is 5.92 Å². The van der Waals surface area contributed by atoms with Gasteiger partial charge in [0.05, 0.1) is 0 Å². The summed E-state index contributed by atoms with van der Waals surface area (Å²) in [5.74, 6) is 1.54. The molecule has 0 heteroatoms. The third-order valence-corrected chi connectivity index (χ3v) is 1.73. The van der Waals surface area contributed by atoms with Crippen LogP contribution in [0.4, 0.5) is 0 Å². The van der Waals surface area contributed by atoms with Gasteiger partial charge in [-0.15, -0.1) is 0 Å². The average molecular weight is 127 g/mol. The van der Waals surface area contributed by atoms with Crippen LogP contribution in [0.1, 0.15) is 40.0 Å². The fourth-order valence-corrected chi connectivity index (χ4v) is 0.773. The monoisotopic (exact) mass is 127 g/mol. The lowest BCUT2D eigenvalue weighted by Crippen LogP contribution is -1.95. The lowest BCUT2D eigenvalue weighted by atomic mass is 9.98. The van der Waals surface area contributed by atoms with Crippen molar-refractivity contribution in [2.45, 2.75) is 40.0 Å². The molecule has 0 spiro atoms. The molecule has 0 aromatic heterocycles. The Bertz CT molecular complexity index is 55.1. The number of hydrogen-bond donors (Lipinski definition) is 0. The van der Waals surface area contributed by atoms with Gasteiger partial charge in [-0.05, 0) is 11.8 Å². The Morgan fingerprint density at radius 3 is 2.11 bits per heavy atom. The Balaban J connectivity index is 3.06. The van der Waals surface area contributed by atoms with Gasteiger partial charge in [0, 0.05) is 0 Å². The number of hydrogen-bond acceptors (Lipinski definition) is 0. The summed E-state index contributed by atoms with van der Waals surface area (Å²) in [6, 6.07) is 0. The maximum atomic E-state index is 4.03. The summed E-state index contributed by atoms with van der Waals surface area (Å²) in [5, 5.41) is 0. The molecule has 55 valence electrons. The summed E-state index contributed by atoms with van der Waals surface area (Å²) in [6.45, 7) is 10.8. The molecular weight excluding hydrogens is 108 g/mol. The molecule has 1 radical (unpaired) electrons. The molecular formula is C9H19. The fraction of sp³-hybridized carbons (Fsp3) is 0.889. The second-order valence-corrected chi connectivity index (χ2v) is 3.25. The van der Waals surface area contributed by atoms with E-state index >= 15 is 0 Å². The van der Waals surface area contributed by atoms with Crippen molar-refractivity contribution in [3.8, 4) is 0 Å². The third kappa shape index (κ3) is 5.88. The van der Waals surface area contributed by atoms with Gasteiger partial charge in [0.25, 0.3) is 0 Å². The molecule has 0 aromatic carbocycles. The summed E-state index contributed by atoms with van der Waals surface area (Å²) >= 11 is 0. The van der Waals surface area contributed by atoms with Crippen LogP contribution in [-0.4, -0.2) is 0 Å². The molecule has 0 bridgehead atoms. The molecule has 0 aliphatic carbocycles. The topological polar surface area (TPSA) is 0 Å². The van der Waals surface area contributed by atoms with Gasteiger partial charge >= 0.3 is 0 Å². The molecule has 0 aliphatic heterocycles. The maximum Gasteiger partial charge on any atom is -0.0417 e. The first-order valence-corrected chi connectivity index (χ1v) is 3.99. The average Bonchev–Trinajstić information content (AvgIpc) is 1.83. The van der Waals surface area contributed by atoms with Crippen LogP contribution in [0, 0.1) is 18.8 Å². The highest BCUT2D eigenvalue weighted by molar-refractivity contribution is 4.59. The van der Waals surface area contributed by atoms with Crippen LogP contribution in [-0.2, 0) is 0 Å². The predicted octanol–water partition coefficient (Wildman–Crippen LogP) is 3.28. The molecule has 0 saturated carbocycles. The lowest BCUT2D eigenvalue weighted by molar-refractivity contribution is 0.470. The first-order valence-electron chi connectivity index (χ1n) is 3.99. The van der Waals surface area contributed by atoms with Gasteiger partial charge in [-0.1, -0.05) is 47.0 Å². The Kier molecular flexibility index (Phi) is 4.84. The molecule has 0 aromatic rings. The van der Waals surface area contributed by atoms with Crippen molar-refractivity contribution >= 4 is 0 Å². The van der Waals surface area contributed by atoms with Crippen molar-refractivity contribution < 1.29 is 0 Å². The van der Waals surface area contributed by atoms with E-state index in [2.05, 4.69) is 27.7 Å². The van der Waals surface area contributed by atoms with Crippen molar-refractivity contribution in [1.29, 1.82) is 0 Å². The molecule has 0 fully saturated rings. The Labute approximate surface area is 59.7 Å². The highest BCUT2D eigenvalue weighted by Gasteiger charge is 1.99. The second kappa shape index (κ2) is 4.84. The molecule has 0 aliphatic rings. The smallest absolute Gasteiger partial charge is 0.0417 e. The van der Waals surface area contributed by atoms with E-state index in [1.54, 1.807) is 0 Å². The van der Waals surface area contributed by atoms with Gasteiger partial charge in [0.2, 0.25) is 0 Å². The molecule has 0 nitrogen and oxygen atoms in total. The van der Waals surface area contributed by atoms with Crippen LogP contribution in [0.25, 0.3) is 0 Å². The quantitative estimate of drug-likeness (QED) is 0.543. The molecule has 0 N–H and O–H groups in total. The second-order valence-electron chi connectivity index (χ2n) is 3.25. The minimum Gasteiger partial charge on any atom is -0.0651 e. The van der Waals surface area contributed by atoms with E-state index in [-0.39, 0.29) is 0 Å². The Morgan fingerprint density at radius 2 is 1.78 bits per heavy atom. The molecule has 0 saturated heterocycles. The third-order valence-electron chi connectivity index (χ3n) is 1.73. The lowest BCUT2D eigenvalue weighted by Gasteiger charge is -2.08. The van der Waals surface area contributed by atoms with E-state index < -0.39 is 0 Å². The van der Waals surface area contributed by atoms with Crippen molar-refractivity contribution in [3.63, 3.8) is 0 Å². The van der Waals surface area contributed by atoms with Gasteiger partial charge in [0.15, 0.2) is 0 Å². The largest absolute Gasteiger partial charge is 0.0651 e. The van der Waals surface area contributed by atoms with Gasteiger partial charge in [-0.3, -0.25) is 0 Å². The standard InChI is InChI=1S/C9H19/c1-5-9(4)7-6-8(2)3/h8-9H,4-7H2,1-3H3. The van der Waals surface area contributed by atoms with Crippen LogP contribution < -0.4 is 0 Å².